The predicted molar refractivity (Wildman–Crippen MR) is 116 cm³/mol. The Kier molecular flexibility index (Phi) is 8.35. The van der Waals surface area contributed by atoms with Crippen molar-refractivity contribution in [3.8, 4) is 17.2 Å². The summed E-state index contributed by atoms with van der Waals surface area (Å²) in [5.41, 5.74) is 1.32. The zero-order chi connectivity index (χ0) is 22.1. The van der Waals surface area contributed by atoms with Gasteiger partial charge in [0.25, 0.3) is 0 Å². The fraction of sp³-hybridized carbons (Fsp3) is 0.381. The van der Waals surface area contributed by atoms with Gasteiger partial charge in [0.1, 0.15) is 0 Å². The number of para-hydroxylation sites is 1. The van der Waals surface area contributed by atoms with Crippen molar-refractivity contribution >= 4 is 21.6 Å². The van der Waals surface area contributed by atoms with E-state index in [9.17, 15) is 13.2 Å². The largest absolute Gasteiger partial charge is 0.493 e. The number of rotatable bonds is 11. The number of sulfonamides is 1. The van der Waals surface area contributed by atoms with Crippen molar-refractivity contribution in [3.63, 3.8) is 0 Å². The van der Waals surface area contributed by atoms with Gasteiger partial charge in [-0.05, 0) is 30.7 Å². The highest BCUT2D eigenvalue weighted by molar-refractivity contribution is 7.92. The summed E-state index contributed by atoms with van der Waals surface area (Å²) in [6, 6.07) is 12.4. The van der Waals surface area contributed by atoms with Crippen molar-refractivity contribution in [2.45, 2.75) is 19.4 Å². The summed E-state index contributed by atoms with van der Waals surface area (Å²) in [6.07, 6.45) is 1.73. The van der Waals surface area contributed by atoms with E-state index < -0.39 is 10.0 Å². The standard InChI is InChI=1S/C21H28N2O6S/c1-27-18-13-12-16(20(28-2)21(18)29-3)15-22-19(24)11-8-14-23(30(4,25)26)17-9-6-5-7-10-17/h5-7,9-10,12-13H,8,11,14-15H2,1-4H3,(H,22,24). The van der Waals surface area contributed by atoms with Gasteiger partial charge in [-0.25, -0.2) is 8.42 Å². The minimum Gasteiger partial charge on any atom is -0.493 e. The molecule has 2 aromatic rings. The molecule has 1 amide bonds. The van der Waals surface area contributed by atoms with Gasteiger partial charge < -0.3 is 19.5 Å². The highest BCUT2D eigenvalue weighted by Gasteiger charge is 2.18. The molecule has 0 heterocycles. The van der Waals surface area contributed by atoms with E-state index >= 15 is 0 Å². The van der Waals surface area contributed by atoms with Crippen molar-refractivity contribution in [2.75, 3.05) is 38.4 Å². The number of methoxy groups -OCH3 is 3. The van der Waals surface area contributed by atoms with Gasteiger partial charge in [-0.3, -0.25) is 9.10 Å². The Bertz CT molecular complexity index is 947. The smallest absolute Gasteiger partial charge is 0.232 e. The first-order valence-electron chi connectivity index (χ1n) is 9.39. The van der Waals surface area contributed by atoms with Crippen LogP contribution in [0.4, 0.5) is 5.69 Å². The molecule has 2 rings (SSSR count). The number of nitrogens with zero attached hydrogens (tertiary/aromatic N) is 1. The van der Waals surface area contributed by atoms with Crippen LogP contribution >= 0.6 is 0 Å². The van der Waals surface area contributed by atoms with Crippen LogP contribution in [0.5, 0.6) is 17.2 Å². The van der Waals surface area contributed by atoms with Gasteiger partial charge in [0, 0.05) is 25.1 Å². The molecule has 8 nitrogen and oxygen atoms in total. The molecule has 0 radical (unpaired) electrons. The second kappa shape index (κ2) is 10.7. The number of benzene rings is 2. The van der Waals surface area contributed by atoms with E-state index in [1.54, 1.807) is 36.4 Å². The van der Waals surface area contributed by atoms with E-state index in [1.165, 1.54) is 25.6 Å². The summed E-state index contributed by atoms with van der Waals surface area (Å²) in [5.74, 6) is 1.29. The number of anilines is 1. The summed E-state index contributed by atoms with van der Waals surface area (Å²) in [7, 11) is 1.14. The van der Waals surface area contributed by atoms with Crippen LogP contribution in [-0.2, 0) is 21.4 Å². The Morgan fingerprint density at radius 1 is 0.967 bits per heavy atom. The molecule has 1 N–H and O–H groups in total. The topological polar surface area (TPSA) is 94.2 Å². The zero-order valence-corrected chi connectivity index (χ0v) is 18.5. The van der Waals surface area contributed by atoms with Crippen LogP contribution in [0.15, 0.2) is 42.5 Å². The van der Waals surface area contributed by atoms with Gasteiger partial charge in [-0.2, -0.15) is 0 Å². The van der Waals surface area contributed by atoms with Crippen LogP contribution in [-0.4, -0.2) is 48.5 Å². The lowest BCUT2D eigenvalue weighted by Gasteiger charge is -2.22. The van der Waals surface area contributed by atoms with Gasteiger partial charge >= 0.3 is 0 Å². The number of carbonyl (C=O) groups excluding carboxylic acids is 1. The first kappa shape index (κ1) is 23.3. The molecule has 9 heteroatoms. The Labute approximate surface area is 177 Å². The highest BCUT2D eigenvalue weighted by atomic mass is 32.2. The van der Waals surface area contributed by atoms with Crippen molar-refractivity contribution in [3.05, 3.63) is 48.0 Å². The molecule has 0 aliphatic heterocycles. The van der Waals surface area contributed by atoms with Gasteiger partial charge in [-0.15, -0.1) is 0 Å². The maximum Gasteiger partial charge on any atom is 0.232 e. The first-order chi connectivity index (χ1) is 14.3. The van der Waals surface area contributed by atoms with E-state index in [-0.39, 0.29) is 25.4 Å². The molecule has 0 aromatic heterocycles. The van der Waals surface area contributed by atoms with E-state index in [0.717, 1.165) is 11.8 Å². The summed E-state index contributed by atoms with van der Waals surface area (Å²) in [5, 5.41) is 2.83. The lowest BCUT2D eigenvalue weighted by atomic mass is 10.1. The number of hydrogen-bond donors (Lipinski definition) is 1. The molecule has 0 bridgehead atoms. The molecule has 164 valence electrons. The lowest BCUT2D eigenvalue weighted by molar-refractivity contribution is -0.121. The second-order valence-electron chi connectivity index (χ2n) is 6.54. The molecule has 0 atom stereocenters. The van der Waals surface area contributed by atoms with Crippen LogP contribution in [0.25, 0.3) is 0 Å². The van der Waals surface area contributed by atoms with Crippen LogP contribution < -0.4 is 23.8 Å². The number of carbonyl (C=O) groups is 1. The molecule has 0 spiro atoms. The molecular weight excluding hydrogens is 408 g/mol. The maximum atomic E-state index is 12.3. The Morgan fingerprint density at radius 3 is 2.20 bits per heavy atom. The Balaban J connectivity index is 1.95. The fourth-order valence-corrected chi connectivity index (χ4v) is 4.01. The number of ether oxygens (including phenoxy) is 3. The molecule has 30 heavy (non-hydrogen) atoms. The molecule has 2 aromatic carbocycles. The van der Waals surface area contributed by atoms with Crippen molar-refractivity contribution in [1.82, 2.24) is 5.32 Å². The van der Waals surface area contributed by atoms with E-state index in [4.69, 9.17) is 14.2 Å². The summed E-state index contributed by atoms with van der Waals surface area (Å²) in [4.78, 5) is 12.3. The lowest BCUT2D eigenvalue weighted by Crippen LogP contribution is -2.32. The maximum absolute atomic E-state index is 12.3. The molecule has 0 unspecified atom stereocenters. The zero-order valence-electron chi connectivity index (χ0n) is 17.7. The molecule has 0 saturated carbocycles. The Morgan fingerprint density at radius 2 is 1.63 bits per heavy atom. The Hall–Kier alpha value is -2.94. The second-order valence-corrected chi connectivity index (χ2v) is 8.45. The first-order valence-corrected chi connectivity index (χ1v) is 11.2. The number of hydrogen-bond acceptors (Lipinski definition) is 6. The van der Waals surface area contributed by atoms with Crippen molar-refractivity contribution in [1.29, 1.82) is 0 Å². The number of nitrogens with one attached hydrogen (secondary N) is 1. The van der Waals surface area contributed by atoms with E-state index in [0.29, 0.717) is 29.4 Å². The molecular formula is C21H28N2O6S. The monoisotopic (exact) mass is 436 g/mol. The predicted octanol–water partition coefficient (Wildman–Crippen LogP) is 2.58. The summed E-state index contributed by atoms with van der Waals surface area (Å²) < 4.78 is 41.5. The van der Waals surface area contributed by atoms with Crippen LogP contribution in [0.1, 0.15) is 18.4 Å². The van der Waals surface area contributed by atoms with Crippen LogP contribution in [0.3, 0.4) is 0 Å². The normalized spacial score (nSPS) is 10.9. The third-order valence-corrected chi connectivity index (χ3v) is 5.67. The van der Waals surface area contributed by atoms with Gasteiger partial charge in [-0.1, -0.05) is 18.2 Å². The van der Waals surface area contributed by atoms with Crippen molar-refractivity contribution in [2.24, 2.45) is 0 Å². The van der Waals surface area contributed by atoms with Crippen LogP contribution in [0, 0.1) is 0 Å². The van der Waals surface area contributed by atoms with Crippen molar-refractivity contribution < 1.29 is 27.4 Å². The van der Waals surface area contributed by atoms with Gasteiger partial charge in [0.2, 0.25) is 21.7 Å². The summed E-state index contributed by atoms with van der Waals surface area (Å²) >= 11 is 0. The summed E-state index contributed by atoms with van der Waals surface area (Å²) in [6.45, 7) is 0.465. The quantitative estimate of drug-likeness (QED) is 0.582. The molecule has 0 fully saturated rings. The average molecular weight is 437 g/mol. The molecule has 0 aliphatic rings. The van der Waals surface area contributed by atoms with Gasteiger partial charge in [0.05, 0.1) is 33.3 Å². The molecule has 0 aliphatic carbocycles. The minimum absolute atomic E-state index is 0.187. The van der Waals surface area contributed by atoms with E-state index in [2.05, 4.69) is 5.32 Å². The van der Waals surface area contributed by atoms with Crippen LogP contribution in [0.2, 0.25) is 0 Å². The highest BCUT2D eigenvalue weighted by Crippen LogP contribution is 2.39. The average Bonchev–Trinajstić information content (AvgIpc) is 2.74. The third-order valence-electron chi connectivity index (χ3n) is 4.47. The molecule has 0 saturated heterocycles. The van der Waals surface area contributed by atoms with Gasteiger partial charge in [0.15, 0.2) is 11.5 Å². The number of amides is 1. The SMILES string of the molecule is COc1ccc(CNC(=O)CCCN(c2ccccc2)S(C)(=O)=O)c(OC)c1OC. The van der Waals surface area contributed by atoms with E-state index in [1.807, 2.05) is 6.07 Å². The minimum atomic E-state index is -3.44. The third kappa shape index (κ3) is 6.03. The fourth-order valence-electron chi connectivity index (χ4n) is 3.05.